The molecule has 1 aliphatic heterocycles. The average Bonchev–Trinajstić information content (AvgIpc) is 3.23. The number of imidazole rings is 1. The minimum Gasteiger partial charge on any atom is -0.333 e. The maximum absolute atomic E-state index is 4.42. The Balaban J connectivity index is 1.34. The van der Waals surface area contributed by atoms with Crippen molar-refractivity contribution in [3.63, 3.8) is 0 Å². The van der Waals surface area contributed by atoms with Crippen molar-refractivity contribution < 1.29 is 0 Å². The lowest BCUT2D eigenvalue weighted by Gasteiger charge is -2.27. The normalized spacial score (nSPS) is 18.7. The second-order valence-electron chi connectivity index (χ2n) is 6.22. The molecule has 0 amide bonds. The van der Waals surface area contributed by atoms with Crippen LogP contribution in [0.5, 0.6) is 0 Å². The molecule has 4 heteroatoms. The van der Waals surface area contributed by atoms with E-state index in [1.54, 1.807) is 0 Å². The van der Waals surface area contributed by atoms with Crippen LogP contribution in [0, 0.1) is 0 Å². The first-order chi connectivity index (χ1) is 10.4. The summed E-state index contributed by atoms with van der Waals surface area (Å²) < 4.78 is 2.25. The molecule has 0 spiro atoms. The van der Waals surface area contributed by atoms with Gasteiger partial charge in [0.1, 0.15) is 5.82 Å². The molecule has 2 heterocycles. The van der Waals surface area contributed by atoms with Crippen molar-refractivity contribution in [2.75, 3.05) is 6.54 Å². The van der Waals surface area contributed by atoms with Crippen LogP contribution < -0.4 is 5.32 Å². The smallest absolute Gasteiger partial charge is 0.122 e. The van der Waals surface area contributed by atoms with Gasteiger partial charge in [-0.2, -0.15) is 0 Å². The van der Waals surface area contributed by atoms with E-state index in [1.807, 2.05) is 6.20 Å². The molecule has 1 fully saturated rings. The summed E-state index contributed by atoms with van der Waals surface area (Å²) in [7, 11) is 0. The van der Waals surface area contributed by atoms with Crippen molar-refractivity contribution >= 4 is 0 Å². The van der Waals surface area contributed by atoms with Gasteiger partial charge in [0.2, 0.25) is 0 Å². The first kappa shape index (κ1) is 13.0. The molecule has 0 saturated heterocycles. The minimum atomic E-state index is 0.779. The van der Waals surface area contributed by atoms with Crippen LogP contribution in [0.4, 0.5) is 0 Å². The second kappa shape index (κ2) is 5.62. The van der Waals surface area contributed by atoms with Gasteiger partial charge in [0.15, 0.2) is 0 Å². The number of hydrogen-bond acceptors (Lipinski definition) is 3. The maximum Gasteiger partial charge on any atom is 0.122 e. The standard InChI is InChI=1S/C17H22N4/c1-3-15(4-2-14(1)11-19-16-5-6-16)12-20-9-10-21-8-7-18-17(21)13-20/h1-4,7-8,16,19H,5-6,9-13H2. The van der Waals surface area contributed by atoms with E-state index in [9.17, 15) is 0 Å². The Morgan fingerprint density at radius 1 is 1.10 bits per heavy atom. The molecular weight excluding hydrogens is 260 g/mol. The van der Waals surface area contributed by atoms with Crippen LogP contribution in [0.25, 0.3) is 0 Å². The molecule has 0 atom stereocenters. The Hall–Kier alpha value is -1.65. The summed E-state index contributed by atoms with van der Waals surface area (Å²) in [4.78, 5) is 6.89. The van der Waals surface area contributed by atoms with Crippen LogP contribution in [0.2, 0.25) is 0 Å². The van der Waals surface area contributed by atoms with Gasteiger partial charge >= 0.3 is 0 Å². The third-order valence-electron chi connectivity index (χ3n) is 4.43. The van der Waals surface area contributed by atoms with Crippen LogP contribution in [0.1, 0.15) is 29.8 Å². The van der Waals surface area contributed by atoms with E-state index in [4.69, 9.17) is 0 Å². The fourth-order valence-electron chi connectivity index (χ4n) is 2.93. The predicted octanol–water partition coefficient (Wildman–Crippen LogP) is 2.15. The minimum absolute atomic E-state index is 0.779. The third-order valence-corrected chi connectivity index (χ3v) is 4.43. The van der Waals surface area contributed by atoms with Gasteiger partial charge in [0.05, 0.1) is 6.54 Å². The van der Waals surface area contributed by atoms with Crippen molar-refractivity contribution in [2.45, 2.75) is 45.1 Å². The molecule has 4 rings (SSSR count). The highest BCUT2D eigenvalue weighted by molar-refractivity contribution is 5.22. The highest BCUT2D eigenvalue weighted by Gasteiger charge is 2.20. The Morgan fingerprint density at radius 3 is 2.71 bits per heavy atom. The first-order valence-electron chi connectivity index (χ1n) is 7.90. The van der Waals surface area contributed by atoms with Crippen LogP contribution in [-0.2, 0) is 26.2 Å². The van der Waals surface area contributed by atoms with Crippen LogP contribution in [0.15, 0.2) is 36.7 Å². The number of rotatable bonds is 5. The largest absolute Gasteiger partial charge is 0.333 e. The quantitative estimate of drug-likeness (QED) is 0.912. The van der Waals surface area contributed by atoms with E-state index in [0.717, 1.165) is 38.8 Å². The zero-order valence-corrected chi connectivity index (χ0v) is 12.3. The fourth-order valence-corrected chi connectivity index (χ4v) is 2.93. The Bertz CT molecular complexity index is 598. The van der Waals surface area contributed by atoms with Crippen LogP contribution >= 0.6 is 0 Å². The van der Waals surface area contributed by atoms with Gasteiger partial charge in [-0.05, 0) is 24.0 Å². The zero-order valence-electron chi connectivity index (χ0n) is 12.3. The van der Waals surface area contributed by atoms with Gasteiger partial charge in [-0.3, -0.25) is 4.90 Å². The van der Waals surface area contributed by atoms with Crippen molar-refractivity contribution in [3.05, 3.63) is 53.6 Å². The Morgan fingerprint density at radius 2 is 1.90 bits per heavy atom. The molecule has 1 aliphatic carbocycles. The zero-order chi connectivity index (χ0) is 14.1. The number of fused-ring (bicyclic) bond motifs is 1. The molecule has 1 N–H and O–H groups in total. The highest BCUT2D eigenvalue weighted by atomic mass is 15.2. The first-order valence-corrected chi connectivity index (χ1v) is 7.90. The topological polar surface area (TPSA) is 33.1 Å². The lowest BCUT2D eigenvalue weighted by atomic mass is 10.1. The summed E-state index contributed by atoms with van der Waals surface area (Å²) >= 11 is 0. The molecule has 0 radical (unpaired) electrons. The fraction of sp³-hybridized carbons (Fsp3) is 0.471. The van der Waals surface area contributed by atoms with E-state index in [-0.39, 0.29) is 0 Å². The van der Waals surface area contributed by atoms with Gasteiger partial charge < -0.3 is 9.88 Å². The lowest BCUT2D eigenvalue weighted by molar-refractivity contribution is 0.209. The van der Waals surface area contributed by atoms with Crippen LogP contribution in [0.3, 0.4) is 0 Å². The number of aromatic nitrogens is 2. The Kier molecular flexibility index (Phi) is 3.49. The summed E-state index contributed by atoms with van der Waals surface area (Å²) in [5, 5.41) is 3.56. The molecule has 1 saturated carbocycles. The van der Waals surface area contributed by atoms with E-state index < -0.39 is 0 Å². The van der Waals surface area contributed by atoms with E-state index in [2.05, 4.69) is 50.2 Å². The summed E-state index contributed by atoms with van der Waals surface area (Å²) in [5.41, 5.74) is 2.78. The molecule has 1 aromatic heterocycles. The second-order valence-corrected chi connectivity index (χ2v) is 6.22. The SMILES string of the molecule is c1cn2c(n1)CN(Cc1ccc(CNC3CC3)cc1)CC2. The maximum atomic E-state index is 4.42. The van der Waals surface area contributed by atoms with E-state index >= 15 is 0 Å². The van der Waals surface area contributed by atoms with Gasteiger partial charge in [-0.15, -0.1) is 0 Å². The summed E-state index contributed by atoms with van der Waals surface area (Å²) in [6.07, 6.45) is 6.68. The lowest BCUT2D eigenvalue weighted by Crippen LogP contribution is -2.33. The van der Waals surface area contributed by atoms with Gasteiger partial charge in [0.25, 0.3) is 0 Å². The van der Waals surface area contributed by atoms with Crippen molar-refractivity contribution in [1.82, 2.24) is 19.8 Å². The molecule has 110 valence electrons. The molecule has 2 aromatic rings. The molecule has 2 aliphatic rings. The van der Waals surface area contributed by atoms with Gasteiger partial charge in [-0.1, -0.05) is 24.3 Å². The predicted molar refractivity (Wildman–Crippen MR) is 82.6 cm³/mol. The molecule has 4 nitrogen and oxygen atoms in total. The highest BCUT2D eigenvalue weighted by Crippen LogP contribution is 2.19. The molecule has 1 aromatic carbocycles. The van der Waals surface area contributed by atoms with E-state index in [1.165, 1.54) is 29.8 Å². The van der Waals surface area contributed by atoms with Crippen LogP contribution in [-0.4, -0.2) is 27.0 Å². The summed E-state index contributed by atoms with van der Waals surface area (Å²) in [5.74, 6) is 1.19. The molecule has 0 unspecified atom stereocenters. The molecular formula is C17H22N4. The van der Waals surface area contributed by atoms with Crippen molar-refractivity contribution in [3.8, 4) is 0 Å². The number of benzene rings is 1. The van der Waals surface area contributed by atoms with Gasteiger partial charge in [-0.25, -0.2) is 4.98 Å². The third kappa shape index (κ3) is 3.17. The number of nitrogens with one attached hydrogen (secondary N) is 1. The number of nitrogens with zero attached hydrogens (tertiary/aromatic N) is 3. The average molecular weight is 282 g/mol. The molecule has 0 bridgehead atoms. The summed E-state index contributed by atoms with van der Waals surface area (Å²) in [6, 6.07) is 9.84. The van der Waals surface area contributed by atoms with Crippen molar-refractivity contribution in [2.24, 2.45) is 0 Å². The number of hydrogen-bond donors (Lipinski definition) is 1. The summed E-state index contributed by atoms with van der Waals surface area (Å²) in [6.45, 7) is 5.14. The van der Waals surface area contributed by atoms with Gasteiger partial charge in [0, 0.05) is 44.6 Å². The molecule has 21 heavy (non-hydrogen) atoms. The Labute approximate surface area is 125 Å². The van der Waals surface area contributed by atoms with E-state index in [0.29, 0.717) is 0 Å². The monoisotopic (exact) mass is 282 g/mol. The van der Waals surface area contributed by atoms with Crippen molar-refractivity contribution in [1.29, 1.82) is 0 Å².